The van der Waals surface area contributed by atoms with Crippen LogP contribution in [-0.2, 0) is 18.8 Å². The molecule has 2 rings (SSSR count). The first-order valence-corrected chi connectivity index (χ1v) is 13.5. The molecule has 2 aliphatic rings. The summed E-state index contributed by atoms with van der Waals surface area (Å²) in [5.74, 6) is -1.14. The van der Waals surface area contributed by atoms with Gasteiger partial charge in [-0.2, -0.15) is 0 Å². The maximum atomic E-state index is 10.1. The summed E-state index contributed by atoms with van der Waals surface area (Å²) in [4.78, 5) is 26.1. The Hall–Kier alpha value is -0.290. The lowest BCUT2D eigenvalue weighted by molar-refractivity contribution is -0.917. The van der Waals surface area contributed by atoms with Crippen LogP contribution >= 0.6 is 20.0 Å². The Bertz CT molecular complexity index is 512. The second-order valence-electron chi connectivity index (χ2n) is 9.16. The highest BCUT2D eigenvalue weighted by Gasteiger charge is 2.24. The molecule has 0 unspecified atom stereocenters. The van der Waals surface area contributed by atoms with Crippen LogP contribution in [0.3, 0.4) is 0 Å². The van der Waals surface area contributed by atoms with Crippen LogP contribution in [0.5, 0.6) is 0 Å². The minimum Gasteiger partial charge on any atom is -0.480 e. The first-order valence-electron chi connectivity index (χ1n) is 11.7. The van der Waals surface area contributed by atoms with Gasteiger partial charge in [-0.1, -0.05) is 26.7 Å². The number of hydrogen-bond donors (Lipinski definition) is 4. The van der Waals surface area contributed by atoms with Crippen LogP contribution in [0.25, 0.3) is 0 Å². The monoisotopic (exact) mass is 521 g/mol. The first-order chi connectivity index (χ1) is 15.0. The average molecular weight is 522 g/mol. The Balaban J connectivity index is 0. The lowest BCUT2D eigenvalue weighted by atomic mass is 10.2. The van der Waals surface area contributed by atoms with Gasteiger partial charge in [0.1, 0.15) is 26.2 Å². The third-order valence-electron chi connectivity index (χ3n) is 5.80. The predicted molar refractivity (Wildman–Crippen MR) is 133 cm³/mol. The van der Waals surface area contributed by atoms with Gasteiger partial charge in [-0.3, -0.25) is 14.7 Å². The Kier molecular flexibility index (Phi) is 20.0. The summed E-state index contributed by atoms with van der Waals surface area (Å²) in [7, 11) is 0.594. The number of carbonyl (C=O) groups is 1. The molecule has 33 heavy (non-hydrogen) atoms. The number of quaternary nitrogens is 2. The van der Waals surface area contributed by atoms with E-state index >= 15 is 0 Å². The molecule has 0 amide bonds. The van der Waals surface area contributed by atoms with Gasteiger partial charge in [-0.25, -0.2) is 0 Å². The summed E-state index contributed by atoms with van der Waals surface area (Å²) in [6, 6.07) is 0. The smallest absolute Gasteiger partial charge is 0.339 e. The fraction of sp³-hybridized carbons (Fsp3) is 0.952. The van der Waals surface area contributed by atoms with Crippen LogP contribution in [0.2, 0.25) is 0 Å². The van der Waals surface area contributed by atoms with Gasteiger partial charge in [-0.05, 0) is 12.8 Å². The number of aliphatic carboxylic acids is 1. The molecule has 0 aromatic rings. The highest BCUT2D eigenvalue weighted by Crippen LogP contribution is 2.31. The Morgan fingerprint density at radius 3 is 1.52 bits per heavy atom. The molecule has 0 atom stereocenters. The van der Waals surface area contributed by atoms with Crippen molar-refractivity contribution in [1.82, 2.24) is 5.32 Å². The van der Waals surface area contributed by atoms with Crippen LogP contribution in [0.15, 0.2) is 0 Å². The summed E-state index contributed by atoms with van der Waals surface area (Å²) in [5, 5.41) is 10.1. The number of hydrogen-bond acceptors (Lipinski definition) is 5. The molecule has 2 fully saturated rings. The van der Waals surface area contributed by atoms with E-state index in [1.165, 1.54) is 73.9 Å². The molecule has 2 aliphatic heterocycles. The third kappa shape index (κ3) is 20.8. The van der Waals surface area contributed by atoms with Crippen LogP contribution < -0.4 is 5.32 Å². The van der Waals surface area contributed by atoms with Gasteiger partial charge in [0.05, 0.1) is 66.4 Å². The summed E-state index contributed by atoms with van der Waals surface area (Å²) in [6.45, 7) is 15.4. The minimum absolute atomic E-state index is 0. The summed E-state index contributed by atoms with van der Waals surface area (Å²) in [5.41, 5.74) is 0. The van der Waals surface area contributed by atoms with E-state index in [1.807, 2.05) is 0 Å². The van der Waals surface area contributed by atoms with E-state index in [1.54, 1.807) is 0 Å². The van der Waals surface area contributed by atoms with Crippen LogP contribution in [0.4, 0.5) is 0 Å². The van der Waals surface area contributed by atoms with E-state index in [0.29, 0.717) is 0 Å². The van der Waals surface area contributed by atoms with Crippen molar-refractivity contribution in [1.29, 1.82) is 0 Å². The molecule has 0 spiro atoms. The zero-order valence-electron chi connectivity index (χ0n) is 21.0. The van der Waals surface area contributed by atoms with Crippen LogP contribution in [-0.4, -0.2) is 122 Å². The zero-order chi connectivity index (χ0) is 24.5. The minimum atomic E-state index is -4.10. The number of likely N-dealkylation sites (N-methyl/N-ethyl adjacent to an activating group) is 2. The maximum Gasteiger partial charge on any atom is 0.339 e. The first kappa shape index (κ1) is 34.9. The van der Waals surface area contributed by atoms with Crippen molar-refractivity contribution in [2.24, 2.45) is 0 Å². The quantitative estimate of drug-likeness (QED) is 0.253. The molecular formula is C21H49ClN3O7P+2. The van der Waals surface area contributed by atoms with Crippen molar-refractivity contribution >= 4 is 26.0 Å². The summed E-state index contributed by atoms with van der Waals surface area (Å²) < 4.78 is 23.2. The summed E-state index contributed by atoms with van der Waals surface area (Å²) in [6.07, 6.45) is 4.75. The number of carboxylic acid groups (broad SMARTS) is 1. The largest absolute Gasteiger partial charge is 0.480 e. The molecule has 200 valence electrons. The number of nitrogens with zero attached hydrogens (tertiary/aromatic N) is 2. The maximum absolute atomic E-state index is 10.1. The van der Waals surface area contributed by atoms with Gasteiger partial charge in [0.15, 0.2) is 0 Å². The van der Waals surface area contributed by atoms with E-state index in [9.17, 15) is 9.36 Å². The number of halogens is 1. The van der Waals surface area contributed by atoms with Crippen molar-refractivity contribution in [3.63, 3.8) is 0 Å². The Morgan fingerprint density at radius 1 is 0.879 bits per heavy atom. The molecule has 0 aliphatic carbocycles. The Morgan fingerprint density at radius 2 is 1.24 bits per heavy atom. The van der Waals surface area contributed by atoms with Gasteiger partial charge in [0.25, 0.3) is 0 Å². The molecule has 0 aromatic heterocycles. The predicted octanol–water partition coefficient (Wildman–Crippen LogP) is 1.74. The van der Waals surface area contributed by atoms with E-state index in [2.05, 4.69) is 33.3 Å². The summed E-state index contributed by atoms with van der Waals surface area (Å²) >= 11 is 0. The molecule has 2 heterocycles. The topological polar surface area (TPSA) is 125 Å². The SMILES string of the molecule is CCCC[N+]1(C)CCOCC1.CCCC[N+]1(C)CCOCC1.Cl.O=C(O)CNCP(=O)(O)O. The highest BCUT2D eigenvalue weighted by molar-refractivity contribution is 7.51. The second-order valence-corrected chi connectivity index (χ2v) is 10.8. The highest BCUT2D eigenvalue weighted by atomic mass is 35.5. The second kappa shape index (κ2) is 19.0. The average Bonchev–Trinajstić information content (AvgIpc) is 2.72. The van der Waals surface area contributed by atoms with Gasteiger partial charge < -0.3 is 33.3 Å². The lowest BCUT2D eigenvalue weighted by Crippen LogP contribution is -2.52. The van der Waals surface area contributed by atoms with Gasteiger partial charge >= 0.3 is 13.6 Å². The number of nitrogens with one attached hydrogen (secondary N) is 1. The van der Waals surface area contributed by atoms with Crippen LogP contribution in [0, 0.1) is 0 Å². The molecular weight excluding hydrogens is 473 g/mol. The fourth-order valence-electron chi connectivity index (χ4n) is 3.40. The molecule has 12 heteroatoms. The standard InChI is InChI=1S/2C9H20NO.C3H8NO5P.ClH/c2*1-3-4-5-10(2)6-8-11-9-7-10;5-3(6)1-4-2-10(7,8)9;/h2*3-9H2,1-2H3;4H,1-2H2,(H,5,6)(H2,7,8,9);1H/q2*+1;;. The van der Waals surface area contributed by atoms with E-state index in [0.717, 1.165) is 26.4 Å². The molecule has 0 radical (unpaired) electrons. The number of rotatable bonds is 10. The molecule has 0 aromatic carbocycles. The van der Waals surface area contributed by atoms with Crippen molar-refractivity contribution in [2.75, 3.05) is 92.6 Å². The molecule has 0 bridgehead atoms. The van der Waals surface area contributed by atoms with E-state index < -0.39 is 26.4 Å². The van der Waals surface area contributed by atoms with Crippen molar-refractivity contribution in [3.05, 3.63) is 0 Å². The molecule has 4 N–H and O–H groups in total. The third-order valence-corrected chi connectivity index (χ3v) is 6.43. The molecule has 2 saturated heterocycles. The molecule has 0 saturated carbocycles. The van der Waals surface area contributed by atoms with E-state index in [-0.39, 0.29) is 12.4 Å². The lowest BCUT2D eigenvalue weighted by Gasteiger charge is -2.37. The number of ether oxygens (including phenoxy) is 2. The van der Waals surface area contributed by atoms with Gasteiger partial charge in [0, 0.05) is 0 Å². The van der Waals surface area contributed by atoms with E-state index in [4.69, 9.17) is 24.4 Å². The Labute approximate surface area is 206 Å². The number of morpholine rings is 2. The zero-order valence-corrected chi connectivity index (χ0v) is 22.7. The molecule has 10 nitrogen and oxygen atoms in total. The van der Waals surface area contributed by atoms with Gasteiger partial charge in [0.2, 0.25) is 0 Å². The van der Waals surface area contributed by atoms with Gasteiger partial charge in [-0.15, -0.1) is 12.4 Å². The normalized spacial score (nSPS) is 19.1. The fourth-order valence-corrected chi connectivity index (χ4v) is 3.81. The van der Waals surface area contributed by atoms with Crippen LogP contribution in [0.1, 0.15) is 39.5 Å². The number of unbranched alkanes of at least 4 members (excludes halogenated alkanes) is 2. The van der Waals surface area contributed by atoms with Crippen molar-refractivity contribution < 1.29 is 42.7 Å². The van der Waals surface area contributed by atoms with Crippen molar-refractivity contribution in [2.45, 2.75) is 39.5 Å². The number of carboxylic acids is 1. The van der Waals surface area contributed by atoms with Crippen molar-refractivity contribution in [3.8, 4) is 0 Å².